The van der Waals surface area contributed by atoms with Gasteiger partial charge in [0.15, 0.2) is 9.84 Å². The molecule has 0 saturated carbocycles. The lowest BCUT2D eigenvalue weighted by molar-refractivity contribution is 0.0793. The van der Waals surface area contributed by atoms with Crippen molar-refractivity contribution in [3.8, 4) is 0 Å². The van der Waals surface area contributed by atoms with Crippen molar-refractivity contribution in [2.75, 3.05) is 32.5 Å². The van der Waals surface area contributed by atoms with E-state index in [9.17, 15) is 21.6 Å². The molecule has 2 heterocycles. The summed E-state index contributed by atoms with van der Waals surface area (Å²) in [5.74, 6) is -0.294. The number of hydrogen-bond acceptors (Lipinski definition) is 6. The number of sulfonamides is 1. The summed E-state index contributed by atoms with van der Waals surface area (Å²) in [6.45, 7) is 1.42. The van der Waals surface area contributed by atoms with E-state index in [1.807, 2.05) is 0 Å². The lowest BCUT2D eigenvalue weighted by atomic mass is 10.2. The van der Waals surface area contributed by atoms with Crippen LogP contribution >= 0.6 is 0 Å². The Bertz CT molecular complexity index is 890. The van der Waals surface area contributed by atoms with Gasteiger partial charge in [0.05, 0.1) is 16.2 Å². The summed E-state index contributed by atoms with van der Waals surface area (Å²) < 4.78 is 55.9. The van der Waals surface area contributed by atoms with Crippen molar-refractivity contribution >= 4 is 25.8 Å². The van der Waals surface area contributed by atoms with Gasteiger partial charge in [0.1, 0.15) is 0 Å². The standard InChI is InChI=1S/C17H24N2O6S2/c1-26(21,22)16-8-9-19(12-16)17(20)13-4-6-15(7-5-13)27(23,24)18-11-14-3-2-10-25-14/h4-7,14,16,18H,2-3,8-12H2,1H3/t14-,16+/m1/s1. The van der Waals surface area contributed by atoms with Gasteiger partial charge in [-0.2, -0.15) is 0 Å². The molecular weight excluding hydrogens is 392 g/mol. The van der Waals surface area contributed by atoms with E-state index in [1.54, 1.807) is 0 Å². The van der Waals surface area contributed by atoms with Crippen LogP contribution in [-0.2, 0) is 24.6 Å². The molecule has 8 nitrogen and oxygen atoms in total. The number of hydrogen-bond donors (Lipinski definition) is 1. The predicted octanol–water partition coefficient (Wildman–Crippen LogP) is 0.403. The van der Waals surface area contributed by atoms with Crippen LogP contribution in [0.5, 0.6) is 0 Å². The summed E-state index contributed by atoms with van der Waals surface area (Å²) in [4.78, 5) is 14.1. The number of benzene rings is 1. The second-order valence-electron chi connectivity index (χ2n) is 7.00. The molecule has 0 unspecified atom stereocenters. The molecule has 2 atom stereocenters. The van der Waals surface area contributed by atoms with E-state index in [-0.39, 0.29) is 30.0 Å². The highest BCUT2D eigenvalue weighted by atomic mass is 32.2. The topological polar surface area (TPSA) is 110 Å². The molecule has 3 rings (SSSR count). The molecule has 0 aromatic heterocycles. The maximum atomic E-state index is 12.5. The van der Waals surface area contributed by atoms with E-state index < -0.39 is 25.1 Å². The first kappa shape index (κ1) is 20.2. The van der Waals surface area contributed by atoms with Gasteiger partial charge in [-0.25, -0.2) is 21.6 Å². The fourth-order valence-corrected chi connectivity index (χ4v) is 5.36. The second-order valence-corrected chi connectivity index (χ2v) is 11.1. The zero-order chi connectivity index (χ0) is 19.7. The van der Waals surface area contributed by atoms with Crippen molar-refractivity contribution in [1.29, 1.82) is 0 Å². The highest BCUT2D eigenvalue weighted by Crippen LogP contribution is 2.20. The highest BCUT2D eigenvalue weighted by molar-refractivity contribution is 7.91. The third kappa shape index (κ3) is 4.87. The Morgan fingerprint density at radius 1 is 1.19 bits per heavy atom. The number of ether oxygens (including phenoxy) is 1. The summed E-state index contributed by atoms with van der Waals surface area (Å²) in [6.07, 6.45) is 3.26. The molecule has 2 aliphatic rings. The maximum absolute atomic E-state index is 12.5. The Kier molecular flexibility index (Phi) is 5.90. The van der Waals surface area contributed by atoms with E-state index in [0.29, 0.717) is 25.1 Å². The Balaban J connectivity index is 1.63. The van der Waals surface area contributed by atoms with E-state index in [2.05, 4.69) is 4.72 Å². The van der Waals surface area contributed by atoms with E-state index in [1.165, 1.54) is 35.4 Å². The number of nitrogens with one attached hydrogen (secondary N) is 1. The highest BCUT2D eigenvalue weighted by Gasteiger charge is 2.33. The van der Waals surface area contributed by atoms with Crippen LogP contribution < -0.4 is 4.72 Å². The number of amides is 1. The van der Waals surface area contributed by atoms with E-state index in [4.69, 9.17) is 4.74 Å². The summed E-state index contributed by atoms with van der Waals surface area (Å²) in [6, 6.07) is 5.68. The van der Waals surface area contributed by atoms with Gasteiger partial charge < -0.3 is 9.64 Å². The van der Waals surface area contributed by atoms with E-state index in [0.717, 1.165) is 12.8 Å². The predicted molar refractivity (Wildman–Crippen MR) is 99.8 cm³/mol. The number of likely N-dealkylation sites (tertiary alicyclic amines) is 1. The van der Waals surface area contributed by atoms with Crippen molar-refractivity contribution in [2.45, 2.75) is 35.5 Å². The lowest BCUT2D eigenvalue weighted by Crippen LogP contribution is -2.32. The first-order valence-corrected chi connectivity index (χ1v) is 12.3. The van der Waals surface area contributed by atoms with E-state index >= 15 is 0 Å². The minimum absolute atomic E-state index is 0.0764. The molecule has 0 aliphatic carbocycles. The first-order valence-electron chi connectivity index (χ1n) is 8.86. The monoisotopic (exact) mass is 416 g/mol. The summed E-state index contributed by atoms with van der Waals surface area (Å²) >= 11 is 0. The van der Waals surface area contributed by atoms with Gasteiger partial charge in [0.2, 0.25) is 10.0 Å². The van der Waals surface area contributed by atoms with Crippen LogP contribution in [0.25, 0.3) is 0 Å². The molecule has 1 aromatic rings. The van der Waals surface area contributed by atoms with Crippen molar-refractivity contribution < 1.29 is 26.4 Å². The van der Waals surface area contributed by atoms with Gasteiger partial charge in [-0.1, -0.05) is 0 Å². The summed E-state index contributed by atoms with van der Waals surface area (Å²) in [5.41, 5.74) is 0.335. The molecule has 150 valence electrons. The molecule has 10 heteroatoms. The fourth-order valence-electron chi connectivity index (χ4n) is 3.31. The normalized spacial score (nSPS) is 23.7. The molecule has 0 spiro atoms. The van der Waals surface area contributed by atoms with Crippen LogP contribution in [0.4, 0.5) is 0 Å². The Hall–Kier alpha value is -1.49. The molecule has 2 saturated heterocycles. The Morgan fingerprint density at radius 2 is 1.89 bits per heavy atom. The third-order valence-electron chi connectivity index (χ3n) is 4.97. The van der Waals surface area contributed by atoms with Gasteiger partial charge in [-0.05, 0) is 43.5 Å². The number of rotatable bonds is 6. The molecule has 0 radical (unpaired) electrons. The van der Waals surface area contributed by atoms with Crippen molar-refractivity contribution in [3.63, 3.8) is 0 Å². The Labute approximate surface area is 159 Å². The summed E-state index contributed by atoms with van der Waals surface area (Å²) in [5, 5.41) is -0.539. The molecular formula is C17H24N2O6S2. The van der Waals surface area contributed by atoms with Gasteiger partial charge >= 0.3 is 0 Å². The van der Waals surface area contributed by atoms with Crippen LogP contribution in [0.2, 0.25) is 0 Å². The minimum Gasteiger partial charge on any atom is -0.377 e. The molecule has 27 heavy (non-hydrogen) atoms. The maximum Gasteiger partial charge on any atom is 0.253 e. The Morgan fingerprint density at radius 3 is 2.44 bits per heavy atom. The first-order chi connectivity index (χ1) is 12.7. The SMILES string of the molecule is CS(=O)(=O)[C@H]1CCN(C(=O)c2ccc(S(=O)(=O)NC[C@H]3CCCO3)cc2)C1. The van der Waals surface area contributed by atoms with Crippen LogP contribution in [0.1, 0.15) is 29.6 Å². The quantitative estimate of drug-likeness (QED) is 0.719. The lowest BCUT2D eigenvalue weighted by Gasteiger charge is -2.16. The minimum atomic E-state index is -3.67. The fraction of sp³-hybridized carbons (Fsp3) is 0.588. The molecule has 1 aromatic carbocycles. The molecule has 2 fully saturated rings. The number of nitrogens with zero attached hydrogens (tertiary/aromatic N) is 1. The van der Waals surface area contributed by atoms with Crippen molar-refractivity contribution in [2.24, 2.45) is 0 Å². The molecule has 2 aliphatic heterocycles. The molecule has 0 bridgehead atoms. The van der Waals surface area contributed by atoms with Crippen LogP contribution in [0, 0.1) is 0 Å². The van der Waals surface area contributed by atoms with Crippen LogP contribution in [-0.4, -0.2) is 71.5 Å². The number of sulfone groups is 1. The number of carbonyl (C=O) groups excluding carboxylic acids is 1. The van der Waals surface area contributed by atoms with Gasteiger partial charge in [-0.3, -0.25) is 4.79 Å². The summed E-state index contributed by atoms with van der Waals surface area (Å²) in [7, 11) is -6.85. The van der Waals surface area contributed by atoms with Gasteiger partial charge in [0, 0.05) is 38.1 Å². The zero-order valence-electron chi connectivity index (χ0n) is 15.1. The van der Waals surface area contributed by atoms with Gasteiger partial charge in [-0.15, -0.1) is 0 Å². The van der Waals surface area contributed by atoms with Gasteiger partial charge in [0.25, 0.3) is 5.91 Å². The van der Waals surface area contributed by atoms with Crippen molar-refractivity contribution in [3.05, 3.63) is 29.8 Å². The average Bonchev–Trinajstić information content (AvgIpc) is 3.31. The smallest absolute Gasteiger partial charge is 0.253 e. The largest absolute Gasteiger partial charge is 0.377 e. The third-order valence-corrected chi connectivity index (χ3v) is 8.01. The van der Waals surface area contributed by atoms with Crippen molar-refractivity contribution in [1.82, 2.24) is 9.62 Å². The average molecular weight is 417 g/mol. The number of carbonyl (C=O) groups is 1. The molecule has 1 N–H and O–H groups in total. The zero-order valence-corrected chi connectivity index (χ0v) is 16.8. The second kappa shape index (κ2) is 7.86. The van der Waals surface area contributed by atoms with Crippen LogP contribution in [0.15, 0.2) is 29.2 Å². The molecule has 1 amide bonds. The van der Waals surface area contributed by atoms with Crippen LogP contribution in [0.3, 0.4) is 0 Å².